The Kier molecular flexibility index (Phi) is 9.81. The largest absolute Gasteiger partial charge is 0.490 e. The van der Waals surface area contributed by atoms with E-state index in [0.717, 1.165) is 46.9 Å². The summed E-state index contributed by atoms with van der Waals surface area (Å²) < 4.78 is 45.9. The molecule has 0 radical (unpaired) electrons. The number of alkyl carbamates (subject to hydrolysis) is 1. The van der Waals surface area contributed by atoms with E-state index in [9.17, 15) is 18.4 Å². The minimum atomic E-state index is -1.47. The topological polar surface area (TPSA) is 115 Å². The second-order valence-electron chi connectivity index (χ2n) is 10.9. The van der Waals surface area contributed by atoms with Gasteiger partial charge >= 0.3 is 6.09 Å². The van der Waals surface area contributed by atoms with Gasteiger partial charge in [0, 0.05) is 35.7 Å². The molecule has 0 spiro atoms. The van der Waals surface area contributed by atoms with Crippen LogP contribution in [0.3, 0.4) is 0 Å². The highest BCUT2D eigenvalue weighted by Gasteiger charge is 2.37. The molecular formula is C33H33F2N5O5S. The Labute approximate surface area is 268 Å². The Bertz CT molecular complexity index is 1750. The lowest BCUT2D eigenvalue weighted by molar-refractivity contribution is -0.125. The van der Waals surface area contributed by atoms with Gasteiger partial charge in [0.15, 0.2) is 12.3 Å². The van der Waals surface area contributed by atoms with Crippen LogP contribution in [0.25, 0.3) is 32.6 Å². The predicted molar refractivity (Wildman–Crippen MR) is 170 cm³/mol. The molecule has 46 heavy (non-hydrogen) atoms. The summed E-state index contributed by atoms with van der Waals surface area (Å²) in [5, 5.41) is 18.0. The number of amides is 2. The van der Waals surface area contributed by atoms with E-state index in [1.807, 2.05) is 11.4 Å². The van der Waals surface area contributed by atoms with Crippen LogP contribution in [0.2, 0.25) is 0 Å². The van der Waals surface area contributed by atoms with Gasteiger partial charge < -0.3 is 29.7 Å². The molecule has 1 fully saturated rings. The zero-order valence-electron chi connectivity index (χ0n) is 25.0. The van der Waals surface area contributed by atoms with Gasteiger partial charge in [0.25, 0.3) is 0 Å². The third kappa shape index (κ3) is 7.01. The first-order valence-corrected chi connectivity index (χ1v) is 15.9. The number of aromatic nitrogens is 2. The fourth-order valence-corrected chi connectivity index (χ4v) is 6.47. The smallest absolute Gasteiger partial charge is 0.407 e. The van der Waals surface area contributed by atoms with Crippen molar-refractivity contribution >= 4 is 33.4 Å². The van der Waals surface area contributed by atoms with Crippen molar-refractivity contribution < 1.29 is 32.6 Å². The Morgan fingerprint density at radius 1 is 1.09 bits per heavy atom. The van der Waals surface area contributed by atoms with Gasteiger partial charge in [-0.3, -0.25) is 4.79 Å². The molecule has 2 N–H and O–H groups in total. The summed E-state index contributed by atoms with van der Waals surface area (Å²) >= 11 is 1.54. The highest BCUT2D eigenvalue weighted by molar-refractivity contribution is 7.17. The third-order valence-corrected chi connectivity index (χ3v) is 8.82. The van der Waals surface area contributed by atoms with Gasteiger partial charge in [-0.05, 0) is 59.8 Å². The maximum Gasteiger partial charge on any atom is 0.407 e. The first kappa shape index (κ1) is 31.5. The van der Waals surface area contributed by atoms with Crippen molar-refractivity contribution in [2.75, 3.05) is 46.0 Å². The molecule has 0 saturated carbocycles. The first-order chi connectivity index (χ1) is 22.4. The zero-order chi connectivity index (χ0) is 32.0. The SMILES string of the molecule is C=CC(=O)N1C[C@H](F)[C@H](OC(=O)NCCOCCOc2cc(F)ccc2-c2nnc(-c3ccc4c(c3)CCNC4)c3ccsc23)C1. The molecule has 13 heteroatoms. The van der Waals surface area contributed by atoms with E-state index in [1.54, 1.807) is 6.07 Å². The van der Waals surface area contributed by atoms with Crippen LogP contribution < -0.4 is 15.4 Å². The van der Waals surface area contributed by atoms with Crippen LogP contribution in [-0.4, -0.2) is 85.4 Å². The van der Waals surface area contributed by atoms with Gasteiger partial charge in [-0.15, -0.1) is 21.5 Å². The standard InChI is InChI=1S/C33H33F2N5O5S/c1-2-29(41)40-18-26(35)28(19-40)45-33(42)37-10-11-43-12-13-44-27-16-23(34)5-6-24(27)31-32-25(8-14-46-32)30(38-39-31)21-3-4-22-17-36-9-7-20(22)15-21/h2-6,8,14-16,26,28,36H,1,7,9-13,17-19H2,(H,37,42)/t26-,28+/m0/s1. The molecule has 10 nitrogen and oxygen atoms in total. The molecule has 2 aromatic heterocycles. The minimum Gasteiger partial charge on any atom is -0.490 e. The van der Waals surface area contributed by atoms with Crippen molar-refractivity contribution in [3.05, 3.63) is 77.4 Å². The highest BCUT2D eigenvalue weighted by atomic mass is 32.1. The summed E-state index contributed by atoms with van der Waals surface area (Å²) in [4.78, 5) is 24.9. The number of alkyl halides is 1. The van der Waals surface area contributed by atoms with E-state index in [1.165, 1.54) is 39.5 Å². The normalized spacial score (nSPS) is 17.5. The molecule has 2 amide bonds. The van der Waals surface area contributed by atoms with E-state index in [0.29, 0.717) is 17.0 Å². The van der Waals surface area contributed by atoms with Crippen molar-refractivity contribution in [2.45, 2.75) is 25.2 Å². The lowest BCUT2D eigenvalue weighted by atomic mass is 9.96. The molecule has 240 valence electrons. The number of benzene rings is 2. The average Bonchev–Trinajstić information content (AvgIpc) is 3.70. The highest BCUT2D eigenvalue weighted by Crippen LogP contribution is 2.39. The maximum atomic E-state index is 14.3. The lowest BCUT2D eigenvalue weighted by Crippen LogP contribution is -2.35. The van der Waals surface area contributed by atoms with Crippen LogP contribution in [-0.2, 0) is 27.2 Å². The summed E-state index contributed by atoms with van der Waals surface area (Å²) in [6.07, 6.45) is -1.26. The van der Waals surface area contributed by atoms with Crippen LogP contribution in [0, 0.1) is 5.82 Å². The van der Waals surface area contributed by atoms with Crippen molar-refractivity contribution in [1.29, 1.82) is 0 Å². The zero-order valence-corrected chi connectivity index (χ0v) is 25.8. The minimum absolute atomic E-state index is 0.0319. The van der Waals surface area contributed by atoms with Crippen molar-refractivity contribution in [2.24, 2.45) is 0 Å². The molecule has 2 aliphatic rings. The molecule has 4 heterocycles. The van der Waals surface area contributed by atoms with Crippen LogP contribution >= 0.6 is 11.3 Å². The van der Waals surface area contributed by atoms with Gasteiger partial charge in [0.05, 0.1) is 31.0 Å². The van der Waals surface area contributed by atoms with E-state index < -0.39 is 30.1 Å². The van der Waals surface area contributed by atoms with Crippen LogP contribution in [0.1, 0.15) is 11.1 Å². The Morgan fingerprint density at radius 3 is 2.83 bits per heavy atom. The number of nitrogens with zero attached hydrogens (tertiary/aromatic N) is 3. The number of halogens is 2. The molecule has 6 rings (SSSR count). The van der Waals surface area contributed by atoms with E-state index >= 15 is 0 Å². The second-order valence-corrected chi connectivity index (χ2v) is 11.8. The monoisotopic (exact) mass is 649 g/mol. The second kappa shape index (κ2) is 14.3. The molecule has 0 unspecified atom stereocenters. The molecular weight excluding hydrogens is 616 g/mol. The number of ether oxygens (including phenoxy) is 3. The summed E-state index contributed by atoms with van der Waals surface area (Å²) in [5.41, 5.74) is 5.63. The Hall–Kier alpha value is -4.46. The molecule has 0 aliphatic carbocycles. The molecule has 4 aromatic rings. The fourth-order valence-electron chi connectivity index (χ4n) is 5.57. The molecule has 0 bridgehead atoms. The maximum absolute atomic E-state index is 14.3. The molecule has 2 atom stereocenters. The Morgan fingerprint density at radius 2 is 1.96 bits per heavy atom. The number of hydrogen-bond donors (Lipinski definition) is 2. The van der Waals surface area contributed by atoms with Crippen LogP contribution in [0.5, 0.6) is 5.75 Å². The third-order valence-electron chi connectivity index (χ3n) is 7.89. The summed E-state index contributed by atoms with van der Waals surface area (Å²) in [7, 11) is 0. The lowest BCUT2D eigenvalue weighted by Gasteiger charge is -2.18. The van der Waals surface area contributed by atoms with Crippen LogP contribution in [0.4, 0.5) is 13.6 Å². The van der Waals surface area contributed by atoms with Gasteiger partial charge in [-0.2, -0.15) is 0 Å². The molecule has 1 saturated heterocycles. The predicted octanol–water partition coefficient (Wildman–Crippen LogP) is 4.67. The van der Waals surface area contributed by atoms with Gasteiger partial charge in [-0.1, -0.05) is 18.7 Å². The quantitative estimate of drug-likeness (QED) is 0.178. The van der Waals surface area contributed by atoms with Crippen molar-refractivity contribution in [3.8, 4) is 28.3 Å². The van der Waals surface area contributed by atoms with E-state index in [-0.39, 0.29) is 39.5 Å². The van der Waals surface area contributed by atoms with Gasteiger partial charge in [0.2, 0.25) is 5.91 Å². The fraction of sp³-hybridized carbons (Fsp3) is 0.333. The number of nitrogens with one attached hydrogen (secondary N) is 2. The number of hydrogen-bond acceptors (Lipinski definition) is 9. The number of likely N-dealkylation sites (tertiary alicyclic amines) is 1. The average molecular weight is 650 g/mol. The summed E-state index contributed by atoms with van der Waals surface area (Å²) in [6.45, 7) is 5.53. The number of rotatable bonds is 11. The number of thiophene rings is 1. The van der Waals surface area contributed by atoms with Crippen LogP contribution in [0.15, 0.2) is 60.5 Å². The van der Waals surface area contributed by atoms with Gasteiger partial charge in [0.1, 0.15) is 29.6 Å². The molecule has 2 aliphatic heterocycles. The van der Waals surface area contributed by atoms with E-state index in [2.05, 4.69) is 45.6 Å². The van der Waals surface area contributed by atoms with Crippen molar-refractivity contribution in [1.82, 2.24) is 25.7 Å². The first-order valence-electron chi connectivity index (χ1n) is 15.0. The number of fused-ring (bicyclic) bond motifs is 2. The Balaban J connectivity index is 1.03. The summed E-state index contributed by atoms with van der Waals surface area (Å²) in [5.74, 6) is -0.558. The van der Waals surface area contributed by atoms with Gasteiger partial charge in [-0.25, -0.2) is 13.6 Å². The van der Waals surface area contributed by atoms with Crippen molar-refractivity contribution in [3.63, 3.8) is 0 Å². The molecule has 2 aromatic carbocycles. The number of carbonyl (C=O) groups excluding carboxylic acids is 2. The summed E-state index contributed by atoms with van der Waals surface area (Å²) in [6, 6.07) is 12.7. The van der Waals surface area contributed by atoms with E-state index in [4.69, 9.17) is 14.2 Å². The number of carbonyl (C=O) groups is 2.